The molecule has 2 aromatic heterocycles. The van der Waals surface area contributed by atoms with E-state index in [9.17, 15) is 4.79 Å². The van der Waals surface area contributed by atoms with Gasteiger partial charge in [0.25, 0.3) is 5.91 Å². The van der Waals surface area contributed by atoms with Crippen molar-refractivity contribution in [1.82, 2.24) is 15.3 Å². The summed E-state index contributed by atoms with van der Waals surface area (Å²) in [6.07, 6.45) is 3.98. The van der Waals surface area contributed by atoms with Crippen LogP contribution in [0.4, 0.5) is 5.82 Å². The predicted molar refractivity (Wildman–Crippen MR) is 72.3 cm³/mol. The zero-order chi connectivity index (χ0) is 13.5. The van der Waals surface area contributed by atoms with Crippen molar-refractivity contribution in [3.05, 3.63) is 54.0 Å². The van der Waals surface area contributed by atoms with E-state index in [4.69, 9.17) is 5.84 Å². The van der Waals surface area contributed by atoms with Crippen LogP contribution in [0.3, 0.4) is 0 Å². The molecule has 0 saturated carbocycles. The number of nitrogens with two attached hydrogens (primary N) is 1. The molecule has 0 aliphatic rings. The maximum Gasteiger partial charge on any atom is 0.255 e. The molecule has 0 aliphatic carbocycles. The summed E-state index contributed by atoms with van der Waals surface area (Å²) < 4.78 is 0. The third-order valence-electron chi connectivity index (χ3n) is 2.58. The van der Waals surface area contributed by atoms with E-state index in [2.05, 4.69) is 20.7 Å². The van der Waals surface area contributed by atoms with Gasteiger partial charge in [-0.2, -0.15) is 0 Å². The minimum Gasteiger partial charge on any atom is -0.352 e. The maximum atomic E-state index is 11.9. The summed E-state index contributed by atoms with van der Waals surface area (Å²) in [7, 11) is 0. The number of amides is 1. The summed E-state index contributed by atoms with van der Waals surface area (Å²) in [6, 6.07) is 9.05. The average molecular weight is 257 g/mol. The number of hydrogen-bond donors (Lipinski definition) is 3. The molecule has 0 saturated heterocycles. The van der Waals surface area contributed by atoms with Crippen LogP contribution in [0.2, 0.25) is 0 Å². The Morgan fingerprint density at radius 3 is 2.74 bits per heavy atom. The molecule has 0 atom stereocenters. The molecule has 0 aromatic carbocycles. The van der Waals surface area contributed by atoms with Crippen molar-refractivity contribution in [1.29, 1.82) is 0 Å². The first kappa shape index (κ1) is 13.0. The first-order chi connectivity index (χ1) is 9.31. The van der Waals surface area contributed by atoms with Crippen molar-refractivity contribution in [2.24, 2.45) is 5.84 Å². The summed E-state index contributed by atoms with van der Waals surface area (Å²) in [6.45, 7) is 0.509. The number of hydrogen-bond acceptors (Lipinski definition) is 5. The second kappa shape index (κ2) is 6.46. The van der Waals surface area contributed by atoms with Crippen LogP contribution in [0, 0.1) is 0 Å². The highest BCUT2D eigenvalue weighted by molar-refractivity contribution is 5.98. The molecule has 6 heteroatoms. The lowest BCUT2D eigenvalue weighted by molar-refractivity contribution is 0.0954. The number of nitrogen functional groups attached to an aromatic ring is 1. The number of pyridine rings is 2. The van der Waals surface area contributed by atoms with Gasteiger partial charge in [0.05, 0.1) is 5.56 Å². The Labute approximate surface area is 111 Å². The molecular weight excluding hydrogens is 242 g/mol. The fourth-order valence-corrected chi connectivity index (χ4v) is 1.65. The fourth-order valence-electron chi connectivity index (χ4n) is 1.65. The van der Waals surface area contributed by atoms with E-state index in [0.29, 0.717) is 24.3 Å². The standard InChI is InChI=1S/C13H15N5O/c14-18-12-11(5-3-8-16-12)13(19)17-9-6-10-4-1-2-7-15-10/h1-5,7-8H,6,9,14H2,(H,16,18)(H,17,19). The zero-order valence-corrected chi connectivity index (χ0v) is 10.3. The summed E-state index contributed by atoms with van der Waals surface area (Å²) in [4.78, 5) is 20.1. The van der Waals surface area contributed by atoms with Crippen molar-refractivity contribution in [3.63, 3.8) is 0 Å². The highest BCUT2D eigenvalue weighted by Gasteiger charge is 2.10. The maximum absolute atomic E-state index is 11.9. The molecule has 0 unspecified atom stereocenters. The smallest absolute Gasteiger partial charge is 0.255 e. The first-order valence-corrected chi connectivity index (χ1v) is 5.91. The molecule has 0 spiro atoms. The van der Waals surface area contributed by atoms with E-state index < -0.39 is 0 Å². The van der Waals surface area contributed by atoms with Crippen molar-refractivity contribution < 1.29 is 4.79 Å². The van der Waals surface area contributed by atoms with Gasteiger partial charge < -0.3 is 10.7 Å². The van der Waals surface area contributed by atoms with Crippen LogP contribution in [-0.2, 0) is 6.42 Å². The van der Waals surface area contributed by atoms with E-state index in [1.807, 2.05) is 18.2 Å². The summed E-state index contributed by atoms with van der Waals surface area (Å²) >= 11 is 0. The first-order valence-electron chi connectivity index (χ1n) is 5.91. The van der Waals surface area contributed by atoms with Gasteiger partial charge in [0.1, 0.15) is 0 Å². The van der Waals surface area contributed by atoms with E-state index in [-0.39, 0.29) is 5.91 Å². The third kappa shape index (κ3) is 3.49. The monoisotopic (exact) mass is 257 g/mol. The van der Waals surface area contributed by atoms with Crippen LogP contribution >= 0.6 is 0 Å². The summed E-state index contributed by atoms with van der Waals surface area (Å²) in [5.41, 5.74) is 3.76. The highest BCUT2D eigenvalue weighted by Crippen LogP contribution is 2.09. The second-order valence-electron chi connectivity index (χ2n) is 3.87. The number of nitrogens with zero attached hydrogens (tertiary/aromatic N) is 2. The third-order valence-corrected chi connectivity index (χ3v) is 2.58. The quantitative estimate of drug-likeness (QED) is 0.542. The minimum atomic E-state index is -0.211. The minimum absolute atomic E-state index is 0.211. The fraction of sp³-hybridized carbons (Fsp3) is 0.154. The number of carbonyl (C=O) groups excluding carboxylic acids is 1. The second-order valence-corrected chi connectivity index (χ2v) is 3.87. The van der Waals surface area contributed by atoms with Crippen molar-refractivity contribution in [2.75, 3.05) is 12.0 Å². The van der Waals surface area contributed by atoms with Crippen molar-refractivity contribution in [2.45, 2.75) is 6.42 Å². The number of rotatable bonds is 5. The van der Waals surface area contributed by atoms with Crippen molar-refractivity contribution in [3.8, 4) is 0 Å². The lowest BCUT2D eigenvalue weighted by Crippen LogP contribution is -2.27. The van der Waals surface area contributed by atoms with Gasteiger partial charge in [0, 0.05) is 31.1 Å². The number of carbonyl (C=O) groups is 1. The molecule has 4 N–H and O–H groups in total. The van der Waals surface area contributed by atoms with Gasteiger partial charge in [-0.1, -0.05) is 6.07 Å². The largest absolute Gasteiger partial charge is 0.352 e. The van der Waals surface area contributed by atoms with E-state index in [1.54, 1.807) is 24.5 Å². The SMILES string of the molecule is NNc1ncccc1C(=O)NCCc1ccccn1. The van der Waals surface area contributed by atoms with Gasteiger partial charge >= 0.3 is 0 Å². The van der Waals surface area contributed by atoms with Gasteiger partial charge in [0.2, 0.25) is 0 Å². The Hall–Kier alpha value is -2.47. The molecule has 2 rings (SSSR count). The Morgan fingerprint density at radius 2 is 2.00 bits per heavy atom. The van der Waals surface area contributed by atoms with Crippen LogP contribution in [0.1, 0.15) is 16.1 Å². The molecule has 2 heterocycles. The Kier molecular flexibility index (Phi) is 4.41. The van der Waals surface area contributed by atoms with Crippen molar-refractivity contribution >= 4 is 11.7 Å². The van der Waals surface area contributed by atoms with Crippen LogP contribution in [0.15, 0.2) is 42.7 Å². The van der Waals surface area contributed by atoms with Gasteiger partial charge in [-0.3, -0.25) is 9.78 Å². The van der Waals surface area contributed by atoms with Gasteiger partial charge in [-0.15, -0.1) is 0 Å². The highest BCUT2D eigenvalue weighted by atomic mass is 16.1. The molecule has 0 radical (unpaired) electrons. The predicted octanol–water partition coefficient (Wildman–Crippen LogP) is 0.735. The number of hydrazine groups is 1. The van der Waals surface area contributed by atoms with E-state index >= 15 is 0 Å². The Bertz CT molecular complexity index is 544. The summed E-state index contributed by atoms with van der Waals surface area (Å²) in [5.74, 6) is 5.45. The van der Waals surface area contributed by atoms with Crippen LogP contribution < -0.4 is 16.6 Å². The molecule has 2 aromatic rings. The lowest BCUT2D eigenvalue weighted by atomic mass is 10.2. The topological polar surface area (TPSA) is 92.9 Å². The summed E-state index contributed by atoms with van der Waals surface area (Å²) in [5, 5.41) is 2.81. The van der Waals surface area contributed by atoms with Crippen LogP contribution in [-0.4, -0.2) is 22.4 Å². The molecule has 98 valence electrons. The lowest BCUT2D eigenvalue weighted by Gasteiger charge is -2.08. The van der Waals surface area contributed by atoms with E-state index in [0.717, 1.165) is 5.69 Å². The van der Waals surface area contributed by atoms with Gasteiger partial charge in [0.15, 0.2) is 5.82 Å². The normalized spacial score (nSPS) is 9.95. The molecule has 19 heavy (non-hydrogen) atoms. The average Bonchev–Trinajstić information content (AvgIpc) is 2.48. The molecular formula is C13H15N5O. The van der Waals surface area contributed by atoms with E-state index in [1.165, 1.54) is 0 Å². The van der Waals surface area contributed by atoms with Gasteiger partial charge in [-0.25, -0.2) is 10.8 Å². The Balaban J connectivity index is 1.91. The molecule has 0 bridgehead atoms. The number of aromatic nitrogens is 2. The number of nitrogens with one attached hydrogen (secondary N) is 2. The Morgan fingerprint density at radius 1 is 1.16 bits per heavy atom. The molecule has 0 aliphatic heterocycles. The van der Waals surface area contributed by atoms with Crippen LogP contribution in [0.25, 0.3) is 0 Å². The molecule has 0 fully saturated rings. The van der Waals surface area contributed by atoms with Gasteiger partial charge in [-0.05, 0) is 24.3 Å². The number of anilines is 1. The zero-order valence-electron chi connectivity index (χ0n) is 10.3. The van der Waals surface area contributed by atoms with Crippen LogP contribution in [0.5, 0.6) is 0 Å². The molecule has 6 nitrogen and oxygen atoms in total. The molecule has 1 amide bonds.